The molecule has 0 aromatic heterocycles. The van der Waals surface area contributed by atoms with E-state index in [1.165, 1.54) is 5.56 Å². The minimum absolute atomic E-state index is 0.410. The highest BCUT2D eigenvalue weighted by Gasteiger charge is 2.26. The molecule has 5 heteroatoms. The van der Waals surface area contributed by atoms with Crippen LogP contribution >= 0.6 is 11.6 Å². The second-order valence-electron chi connectivity index (χ2n) is 5.72. The molecule has 4 nitrogen and oxygen atoms in total. The summed E-state index contributed by atoms with van der Waals surface area (Å²) >= 11 is 5.55. The fraction of sp³-hybridized carbons (Fsp3) is 0.529. The number of benzene rings is 1. The van der Waals surface area contributed by atoms with E-state index in [2.05, 4.69) is 29.6 Å². The van der Waals surface area contributed by atoms with Gasteiger partial charge < -0.3 is 10.2 Å². The number of hydrogen-bond donors (Lipinski definition) is 1. The van der Waals surface area contributed by atoms with Gasteiger partial charge in [-0.3, -0.25) is 9.59 Å². The van der Waals surface area contributed by atoms with E-state index in [4.69, 9.17) is 11.6 Å². The Hall–Kier alpha value is -1.55. The van der Waals surface area contributed by atoms with Crippen molar-refractivity contribution in [1.29, 1.82) is 0 Å². The predicted octanol–water partition coefficient (Wildman–Crippen LogP) is 2.21. The first-order chi connectivity index (χ1) is 10.7. The Balaban J connectivity index is 1.74. The van der Waals surface area contributed by atoms with Gasteiger partial charge >= 0.3 is 11.8 Å². The summed E-state index contributed by atoms with van der Waals surface area (Å²) in [7, 11) is 0. The summed E-state index contributed by atoms with van der Waals surface area (Å²) in [6, 6.07) is 10.4. The molecule has 22 heavy (non-hydrogen) atoms. The van der Waals surface area contributed by atoms with E-state index in [0.29, 0.717) is 37.9 Å². The van der Waals surface area contributed by atoms with Gasteiger partial charge in [0, 0.05) is 25.5 Å². The number of alkyl halides is 1. The van der Waals surface area contributed by atoms with Gasteiger partial charge in [0.05, 0.1) is 0 Å². The lowest BCUT2D eigenvalue weighted by molar-refractivity contribution is -0.146. The van der Waals surface area contributed by atoms with E-state index in [9.17, 15) is 9.59 Å². The van der Waals surface area contributed by atoms with Crippen molar-refractivity contribution in [3.63, 3.8) is 0 Å². The quantitative estimate of drug-likeness (QED) is 0.513. The molecule has 1 aromatic rings. The third-order valence-corrected chi connectivity index (χ3v) is 4.33. The molecule has 1 fully saturated rings. The molecule has 1 heterocycles. The van der Waals surface area contributed by atoms with Crippen LogP contribution in [-0.2, 0) is 16.0 Å². The number of nitrogens with one attached hydrogen (secondary N) is 1. The van der Waals surface area contributed by atoms with E-state index in [-0.39, 0.29) is 0 Å². The average Bonchev–Trinajstić information content (AvgIpc) is 2.56. The Kier molecular flexibility index (Phi) is 6.72. The SMILES string of the molecule is O=C(NCCCCl)C(=O)N1CCC(Cc2ccccc2)CC1. The number of halogens is 1. The second kappa shape index (κ2) is 8.79. The number of nitrogens with zero attached hydrogens (tertiary/aromatic N) is 1. The monoisotopic (exact) mass is 322 g/mol. The zero-order valence-electron chi connectivity index (χ0n) is 12.8. The maximum atomic E-state index is 12.0. The van der Waals surface area contributed by atoms with Crippen molar-refractivity contribution in [2.24, 2.45) is 5.92 Å². The third-order valence-electron chi connectivity index (χ3n) is 4.06. The highest BCUT2D eigenvalue weighted by Crippen LogP contribution is 2.21. The Labute approximate surface area is 136 Å². The third kappa shape index (κ3) is 5.02. The summed E-state index contributed by atoms with van der Waals surface area (Å²) in [6.07, 6.45) is 3.63. The highest BCUT2D eigenvalue weighted by molar-refractivity contribution is 6.35. The lowest BCUT2D eigenvalue weighted by Gasteiger charge is -2.31. The van der Waals surface area contributed by atoms with Gasteiger partial charge in [-0.25, -0.2) is 0 Å². The van der Waals surface area contributed by atoms with Crippen LogP contribution in [0.5, 0.6) is 0 Å². The number of rotatable bonds is 5. The number of amides is 2. The molecule has 0 aliphatic carbocycles. The number of hydrogen-bond acceptors (Lipinski definition) is 2. The number of carbonyl (C=O) groups excluding carboxylic acids is 2. The zero-order chi connectivity index (χ0) is 15.8. The van der Waals surface area contributed by atoms with Gasteiger partial charge in [-0.15, -0.1) is 11.6 Å². The van der Waals surface area contributed by atoms with Crippen molar-refractivity contribution >= 4 is 23.4 Å². The summed E-state index contributed by atoms with van der Waals surface area (Å²) in [4.78, 5) is 25.4. The maximum Gasteiger partial charge on any atom is 0.311 e. The van der Waals surface area contributed by atoms with Gasteiger partial charge in [0.2, 0.25) is 0 Å². The Morgan fingerprint density at radius 1 is 1.18 bits per heavy atom. The molecule has 1 aliphatic rings. The molecule has 1 N–H and O–H groups in total. The van der Waals surface area contributed by atoms with Gasteiger partial charge in [0.25, 0.3) is 0 Å². The molecule has 1 aliphatic heterocycles. The lowest BCUT2D eigenvalue weighted by atomic mass is 9.90. The molecule has 2 rings (SSSR count). The molecule has 120 valence electrons. The van der Waals surface area contributed by atoms with E-state index in [1.807, 2.05) is 6.07 Å². The van der Waals surface area contributed by atoms with Crippen molar-refractivity contribution in [3.05, 3.63) is 35.9 Å². The molecule has 1 aromatic carbocycles. The van der Waals surface area contributed by atoms with Crippen molar-refractivity contribution in [2.75, 3.05) is 25.5 Å². The molecule has 1 saturated heterocycles. The molecule has 0 radical (unpaired) electrons. The zero-order valence-corrected chi connectivity index (χ0v) is 13.5. The first-order valence-electron chi connectivity index (χ1n) is 7.87. The summed E-state index contributed by atoms with van der Waals surface area (Å²) in [5.41, 5.74) is 1.34. The first-order valence-corrected chi connectivity index (χ1v) is 8.41. The van der Waals surface area contributed by atoms with Crippen LogP contribution in [0.3, 0.4) is 0 Å². The van der Waals surface area contributed by atoms with E-state index in [0.717, 1.165) is 19.3 Å². The number of likely N-dealkylation sites (tertiary alicyclic amines) is 1. The van der Waals surface area contributed by atoms with Gasteiger partial charge in [0.1, 0.15) is 0 Å². The van der Waals surface area contributed by atoms with Crippen molar-refractivity contribution in [1.82, 2.24) is 10.2 Å². The van der Waals surface area contributed by atoms with E-state index in [1.54, 1.807) is 4.90 Å². The van der Waals surface area contributed by atoms with Crippen LogP contribution in [0.25, 0.3) is 0 Å². The predicted molar refractivity (Wildman–Crippen MR) is 87.8 cm³/mol. The van der Waals surface area contributed by atoms with E-state index < -0.39 is 11.8 Å². The van der Waals surface area contributed by atoms with Crippen LogP contribution in [0.15, 0.2) is 30.3 Å². The van der Waals surface area contributed by atoms with Crippen LogP contribution in [0, 0.1) is 5.92 Å². The summed E-state index contributed by atoms with van der Waals surface area (Å²) in [5.74, 6) is 0.157. The molecular weight excluding hydrogens is 300 g/mol. The molecular formula is C17H23ClN2O2. The largest absolute Gasteiger partial charge is 0.348 e. The van der Waals surface area contributed by atoms with Gasteiger partial charge in [-0.2, -0.15) is 0 Å². The minimum atomic E-state index is -0.508. The van der Waals surface area contributed by atoms with Gasteiger partial charge in [-0.05, 0) is 37.2 Å². The normalized spacial score (nSPS) is 15.6. The smallest absolute Gasteiger partial charge is 0.311 e. The summed E-state index contributed by atoms with van der Waals surface area (Å²) in [6.45, 7) is 1.79. The topological polar surface area (TPSA) is 49.4 Å². The summed E-state index contributed by atoms with van der Waals surface area (Å²) in [5, 5.41) is 2.62. The highest BCUT2D eigenvalue weighted by atomic mass is 35.5. The van der Waals surface area contributed by atoms with Crippen LogP contribution in [0.2, 0.25) is 0 Å². The van der Waals surface area contributed by atoms with Gasteiger partial charge in [-0.1, -0.05) is 30.3 Å². The molecule has 0 unspecified atom stereocenters. The Morgan fingerprint density at radius 2 is 1.86 bits per heavy atom. The Morgan fingerprint density at radius 3 is 2.50 bits per heavy atom. The molecule has 0 atom stereocenters. The van der Waals surface area contributed by atoms with Gasteiger partial charge in [0.15, 0.2) is 0 Å². The van der Waals surface area contributed by atoms with Crippen LogP contribution in [0.4, 0.5) is 0 Å². The number of carbonyl (C=O) groups is 2. The van der Waals surface area contributed by atoms with Crippen LogP contribution in [-0.4, -0.2) is 42.2 Å². The molecule has 2 amide bonds. The average molecular weight is 323 g/mol. The molecule has 0 bridgehead atoms. The van der Waals surface area contributed by atoms with Crippen molar-refractivity contribution in [2.45, 2.75) is 25.7 Å². The Bertz CT molecular complexity index is 485. The lowest BCUT2D eigenvalue weighted by Crippen LogP contribution is -2.46. The van der Waals surface area contributed by atoms with Crippen LogP contribution in [0.1, 0.15) is 24.8 Å². The fourth-order valence-electron chi connectivity index (χ4n) is 2.78. The molecule has 0 saturated carbocycles. The molecule has 0 spiro atoms. The van der Waals surface area contributed by atoms with Crippen LogP contribution < -0.4 is 5.32 Å². The standard InChI is InChI=1S/C17H23ClN2O2/c18-9-4-10-19-16(21)17(22)20-11-7-15(8-12-20)13-14-5-2-1-3-6-14/h1-3,5-6,15H,4,7-13H2,(H,19,21). The fourth-order valence-corrected chi connectivity index (χ4v) is 2.91. The number of piperidine rings is 1. The van der Waals surface area contributed by atoms with E-state index >= 15 is 0 Å². The first kappa shape index (κ1) is 16.8. The van der Waals surface area contributed by atoms with Crippen molar-refractivity contribution < 1.29 is 9.59 Å². The second-order valence-corrected chi connectivity index (χ2v) is 6.10. The minimum Gasteiger partial charge on any atom is -0.348 e. The van der Waals surface area contributed by atoms with Crippen molar-refractivity contribution in [3.8, 4) is 0 Å². The summed E-state index contributed by atoms with van der Waals surface area (Å²) < 4.78 is 0. The maximum absolute atomic E-state index is 12.0.